The number of halogens is 1. The maximum Gasteiger partial charge on any atom is 0.131 e. The number of aromatic nitrogens is 1. The quantitative estimate of drug-likeness (QED) is 0.737. The molecule has 1 aromatic rings. The molecule has 15 heavy (non-hydrogen) atoms. The molecular formula is C11H14ClN3. The minimum atomic E-state index is 0.0110. The Hall–Kier alpha value is -1.27. The summed E-state index contributed by atoms with van der Waals surface area (Å²) in [6.07, 6.45) is 1.68. The van der Waals surface area contributed by atoms with E-state index in [4.69, 9.17) is 16.9 Å². The van der Waals surface area contributed by atoms with E-state index in [0.29, 0.717) is 11.7 Å². The summed E-state index contributed by atoms with van der Waals surface area (Å²) in [4.78, 5) is 6.04. The van der Waals surface area contributed by atoms with Gasteiger partial charge in [-0.15, -0.1) is 0 Å². The smallest absolute Gasteiger partial charge is 0.131 e. The molecule has 0 aliphatic rings. The van der Waals surface area contributed by atoms with Gasteiger partial charge < -0.3 is 4.90 Å². The molecule has 1 atom stereocenters. The van der Waals surface area contributed by atoms with E-state index in [1.54, 1.807) is 6.20 Å². The molecule has 1 rings (SSSR count). The highest BCUT2D eigenvalue weighted by molar-refractivity contribution is 6.29. The third-order valence-corrected chi connectivity index (χ3v) is 2.38. The lowest BCUT2D eigenvalue weighted by Crippen LogP contribution is -2.27. The SMILES string of the molecule is CCN(CC(C)C#N)c1ccnc(Cl)c1. The zero-order chi connectivity index (χ0) is 11.3. The van der Waals surface area contributed by atoms with Crippen molar-refractivity contribution in [1.82, 2.24) is 4.98 Å². The Morgan fingerprint density at radius 1 is 1.67 bits per heavy atom. The van der Waals surface area contributed by atoms with E-state index < -0.39 is 0 Å². The number of rotatable bonds is 4. The summed E-state index contributed by atoms with van der Waals surface area (Å²) in [6, 6.07) is 5.94. The highest BCUT2D eigenvalue weighted by Gasteiger charge is 2.09. The fourth-order valence-electron chi connectivity index (χ4n) is 1.38. The molecule has 3 nitrogen and oxygen atoms in total. The predicted octanol–water partition coefficient (Wildman–Crippen LogP) is 2.72. The maximum absolute atomic E-state index is 8.77. The summed E-state index contributed by atoms with van der Waals surface area (Å²) >= 11 is 5.81. The molecule has 80 valence electrons. The average molecular weight is 224 g/mol. The first-order valence-corrected chi connectivity index (χ1v) is 5.31. The van der Waals surface area contributed by atoms with Crippen LogP contribution in [0.3, 0.4) is 0 Å². The van der Waals surface area contributed by atoms with Crippen LogP contribution >= 0.6 is 11.6 Å². The number of hydrogen-bond donors (Lipinski definition) is 0. The first kappa shape index (κ1) is 11.8. The van der Waals surface area contributed by atoms with Crippen molar-refractivity contribution in [2.24, 2.45) is 5.92 Å². The maximum atomic E-state index is 8.77. The highest BCUT2D eigenvalue weighted by Crippen LogP contribution is 2.18. The fourth-order valence-corrected chi connectivity index (χ4v) is 1.55. The van der Waals surface area contributed by atoms with Crippen molar-refractivity contribution in [3.05, 3.63) is 23.5 Å². The second-order valence-electron chi connectivity index (χ2n) is 3.41. The van der Waals surface area contributed by atoms with E-state index in [-0.39, 0.29) is 5.92 Å². The molecule has 1 heterocycles. The number of pyridine rings is 1. The van der Waals surface area contributed by atoms with Gasteiger partial charge in [-0.3, -0.25) is 0 Å². The van der Waals surface area contributed by atoms with Crippen LogP contribution in [0, 0.1) is 17.2 Å². The van der Waals surface area contributed by atoms with Crippen molar-refractivity contribution in [2.75, 3.05) is 18.0 Å². The molecule has 0 fully saturated rings. The van der Waals surface area contributed by atoms with Crippen LogP contribution in [0.25, 0.3) is 0 Å². The standard InChI is InChI=1S/C11H14ClN3/c1-3-15(8-9(2)7-13)10-4-5-14-11(12)6-10/h4-6,9H,3,8H2,1-2H3. The summed E-state index contributed by atoms with van der Waals surface area (Å²) in [7, 11) is 0. The van der Waals surface area contributed by atoms with Gasteiger partial charge in [-0.25, -0.2) is 4.98 Å². The van der Waals surface area contributed by atoms with Crippen LogP contribution in [0.5, 0.6) is 0 Å². The Morgan fingerprint density at radius 2 is 2.40 bits per heavy atom. The molecule has 0 amide bonds. The monoisotopic (exact) mass is 223 g/mol. The van der Waals surface area contributed by atoms with Crippen LogP contribution in [-0.2, 0) is 0 Å². The molecule has 0 spiro atoms. The lowest BCUT2D eigenvalue weighted by molar-refractivity contribution is 0.686. The third-order valence-electron chi connectivity index (χ3n) is 2.17. The lowest BCUT2D eigenvalue weighted by Gasteiger charge is -2.24. The lowest BCUT2D eigenvalue weighted by atomic mass is 10.2. The summed E-state index contributed by atoms with van der Waals surface area (Å²) in [5.74, 6) is 0.0110. The topological polar surface area (TPSA) is 39.9 Å². The molecule has 0 radical (unpaired) electrons. The normalized spacial score (nSPS) is 11.9. The van der Waals surface area contributed by atoms with Crippen molar-refractivity contribution < 1.29 is 0 Å². The van der Waals surface area contributed by atoms with Gasteiger partial charge in [0, 0.05) is 25.0 Å². The second-order valence-corrected chi connectivity index (χ2v) is 3.79. The van der Waals surface area contributed by atoms with Gasteiger partial charge in [0.25, 0.3) is 0 Å². The number of anilines is 1. The minimum absolute atomic E-state index is 0.0110. The number of nitrogens with zero attached hydrogens (tertiary/aromatic N) is 3. The molecule has 0 saturated carbocycles. The first-order valence-electron chi connectivity index (χ1n) is 4.93. The molecule has 0 saturated heterocycles. The summed E-state index contributed by atoms with van der Waals surface area (Å²) in [5.41, 5.74) is 1.01. The predicted molar refractivity (Wildman–Crippen MR) is 61.9 cm³/mol. The molecule has 0 aliphatic carbocycles. The summed E-state index contributed by atoms with van der Waals surface area (Å²) < 4.78 is 0. The van der Waals surface area contributed by atoms with Crippen molar-refractivity contribution in [3.63, 3.8) is 0 Å². The molecule has 0 aromatic carbocycles. The Labute approximate surface area is 95.3 Å². The summed E-state index contributed by atoms with van der Waals surface area (Å²) in [6.45, 7) is 5.53. The van der Waals surface area contributed by atoms with Crippen LogP contribution in [0.15, 0.2) is 18.3 Å². The van der Waals surface area contributed by atoms with E-state index in [2.05, 4.69) is 22.9 Å². The molecule has 4 heteroatoms. The van der Waals surface area contributed by atoms with Gasteiger partial charge in [0.1, 0.15) is 5.15 Å². The van der Waals surface area contributed by atoms with Gasteiger partial charge in [0.05, 0.1) is 12.0 Å². The van der Waals surface area contributed by atoms with Crippen molar-refractivity contribution in [2.45, 2.75) is 13.8 Å². The minimum Gasteiger partial charge on any atom is -0.370 e. The third kappa shape index (κ3) is 3.41. The van der Waals surface area contributed by atoms with E-state index in [1.807, 2.05) is 19.1 Å². The van der Waals surface area contributed by atoms with Crippen LogP contribution in [0.1, 0.15) is 13.8 Å². The Kier molecular flexibility index (Phi) is 4.38. The molecule has 0 bridgehead atoms. The molecule has 0 aliphatic heterocycles. The van der Waals surface area contributed by atoms with E-state index in [1.165, 1.54) is 0 Å². The molecule has 1 aromatic heterocycles. The van der Waals surface area contributed by atoms with Gasteiger partial charge in [-0.2, -0.15) is 5.26 Å². The molecule has 0 N–H and O–H groups in total. The zero-order valence-corrected chi connectivity index (χ0v) is 9.70. The second kappa shape index (κ2) is 5.57. The van der Waals surface area contributed by atoms with Crippen LogP contribution in [0.4, 0.5) is 5.69 Å². The fraction of sp³-hybridized carbons (Fsp3) is 0.455. The highest BCUT2D eigenvalue weighted by atomic mass is 35.5. The van der Waals surface area contributed by atoms with Gasteiger partial charge in [-0.05, 0) is 26.0 Å². The Balaban J connectivity index is 2.79. The first-order chi connectivity index (χ1) is 7.17. The van der Waals surface area contributed by atoms with Crippen LogP contribution < -0.4 is 4.90 Å². The van der Waals surface area contributed by atoms with Crippen LogP contribution in [-0.4, -0.2) is 18.1 Å². The van der Waals surface area contributed by atoms with E-state index in [9.17, 15) is 0 Å². The molecular weight excluding hydrogens is 210 g/mol. The van der Waals surface area contributed by atoms with E-state index >= 15 is 0 Å². The summed E-state index contributed by atoms with van der Waals surface area (Å²) in [5, 5.41) is 9.25. The van der Waals surface area contributed by atoms with Gasteiger partial charge in [0.15, 0.2) is 0 Å². The van der Waals surface area contributed by atoms with Crippen molar-refractivity contribution >= 4 is 17.3 Å². The number of nitriles is 1. The van der Waals surface area contributed by atoms with Crippen LogP contribution in [0.2, 0.25) is 5.15 Å². The van der Waals surface area contributed by atoms with Gasteiger partial charge in [-0.1, -0.05) is 11.6 Å². The van der Waals surface area contributed by atoms with Gasteiger partial charge >= 0.3 is 0 Å². The zero-order valence-electron chi connectivity index (χ0n) is 8.94. The van der Waals surface area contributed by atoms with E-state index in [0.717, 1.165) is 12.2 Å². The molecule has 1 unspecified atom stereocenters. The Morgan fingerprint density at radius 3 is 2.93 bits per heavy atom. The van der Waals surface area contributed by atoms with Crippen molar-refractivity contribution in [3.8, 4) is 6.07 Å². The van der Waals surface area contributed by atoms with Crippen molar-refractivity contribution in [1.29, 1.82) is 5.26 Å². The number of hydrogen-bond acceptors (Lipinski definition) is 3. The largest absolute Gasteiger partial charge is 0.370 e. The van der Waals surface area contributed by atoms with Gasteiger partial charge in [0.2, 0.25) is 0 Å². The Bertz CT molecular complexity index is 359. The average Bonchev–Trinajstić information content (AvgIpc) is 2.25.